The molecule has 1 aromatic carbocycles. The van der Waals surface area contributed by atoms with Crippen molar-refractivity contribution >= 4 is 26.6 Å². The summed E-state index contributed by atoms with van der Waals surface area (Å²) in [4.78, 5) is 11.6. The zero-order chi connectivity index (χ0) is 10.6. The molecule has 0 fully saturated rings. The summed E-state index contributed by atoms with van der Waals surface area (Å²) in [6, 6.07) is 5.17. The molecular weight excluding hydrogens is 219 g/mol. The van der Waals surface area contributed by atoms with Crippen molar-refractivity contribution < 1.29 is 9.53 Å². The second-order valence-electron chi connectivity index (χ2n) is 2.74. The van der Waals surface area contributed by atoms with Gasteiger partial charge in [-0.2, -0.15) is 6.16 Å². The van der Waals surface area contributed by atoms with Gasteiger partial charge in [0.2, 0.25) is 0 Å². The highest BCUT2D eigenvalue weighted by Crippen LogP contribution is 2.27. The van der Waals surface area contributed by atoms with Gasteiger partial charge in [0.15, 0.2) is 5.78 Å². The molecular formula is C10H11ClO2P-. The lowest BCUT2D eigenvalue weighted by atomic mass is 10.1. The van der Waals surface area contributed by atoms with Crippen LogP contribution in [0.4, 0.5) is 0 Å². The Balaban J connectivity index is 3.10. The van der Waals surface area contributed by atoms with Crippen LogP contribution in [-0.4, -0.2) is 19.1 Å². The van der Waals surface area contributed by atoms with E-state index in [0.29, 0.717) is 28.9 Å². The molecule has 0 aromatic heterocycles. The van der Waals surface area contributed by atoms with Crippen LogP contribution >= 0.6 is 20.8 Å². The van der Waals surface area contributed by atoms with E-state index in [0.717, 1.165) is 0 Å². The van der Waals surface area contributed by atoms with Gasteiger partial charge in [-0.3, -0.25) is 4.79 Å². The van der Waals surface area contributed by atoms with Gasteiger partial charge in [0.05, 0.1) is 17.7 Å². The molecule has 0 aliphatic carbocycles. The summed E-state index contributed by atoms with van der Waals surface area (Å²) in [6.07, 6.45) is 1.03. The third kappa shape index (κ3) is 2.46. The number of methoxy groups -OCH3 is 1. The fourth-order valence-corrected chi connectivity index (χ4v) is 1.68. The zero-order valence-corrected chi connectivity index (χ0v) is 9.60. The molecule has 0 aliphatic rings. The molecule has 0 unspecified atom stereocenters. The van der Waals surface area contributed by atoms with Crippen molar-refractivity contribution in [2.45, 2.75) is 6.42 Å². The van der Waals surface area contributed by atoms with Crippen molar-refractivity contribution in [3.8, 4) is 5.75 Å². The average Bonchev–Trinajstić information content (AvgIpc) is 2.17. The molecule has 4 heteroatoms. The number of ketones is 1. The van der Waals surface area contributed by atoms with Gasteiger partial charge < -0.3 is 14.0 Å². The maximum atomic E-state index is 11.6. The van der Waals surface area contributed by atoms with E-state index in [1.165, 1.54) is 7.11 Å². The van der Waals surface area contributed by atoms with Gasteiger partial charge in [-0.1, -0.05) is 17.7 Å². The van der Waals surface area contributed by atoms with E-state index in [-0.39, 0.29) is 5.78 Å². The van der Waals surface area contributed by atoms with Crippen LogP contribution in [0.3, 0.4) is 0 Å². The van der Waals surface area contributed by atoms with Gasteiger partial charge in [-0.05, 0) is 18.6 Å². The van der Waals surface area contributed by atoms with Crippen molar-refractivity contribution in [1.29, 1.82) is 0 Å². The van der Waals surface area contributed by atoms with E-state index in [9.17, 15) is 4.79 Å². The largest absolute Gasteiger partial charge is 0.558 e. The van der Waals surface area contributed by atoms with Crippen LogP contribution in [0.15, 0.2) is 18.2 Å². The molecule has 0 saturated heterocycles. The van der Waals surface area contributed by atoms with E-state index < -0.39 is 0 Å². The second-order valence-corrected chi connectivity index (χ2v) is 3.65. The molecule has 1 rings (SSSR count). The van der Waals surface area contributed by atoms with Gasteiger partial charge in [-0.25, -0.2) is 0 Å². The maximum Gasteiger partial charge on any atom is 0.165 e. The lowest BCUT2D eigenvalue weighted by Gasteiger charge is -2.09. The van der Waals surface area contributed by atoms with Crippen molar-refractivity contribution in [3.05, 3.63) is 28.8 Å². The first-order valence-electron chi connectivity index (χ1n) is 4.21. The van der Waals surface area contributed by atoms with Gasteiger partial charge in [0.25, 0.3) is 0 Å². The molecule has 0 atom stereocenters. The minimum absolute atomic E-state index is 0.0116. The molecule has 0 N–H and O–H groups in total. The highest BCUT2D eigenvalue weighted by Gasteiger charge is 2.13. The molecule has 76 valence electrons. The van der Waals surface area contributed by atoms with E-state index in [1.54, 1.807) is 18.2 Å². The fraction of sp³-hybridized carbons (Fsp3) is 0.300. The Bertz CT molecular complexity index is 339. The minimum atomic E-state index is -0.0116. The Morgan fingerprint density at radius 2 is 2.29 bits per heavy atom. The summed E-state index contributed by atoms with van der Waals surface area (Å²) in [5.41, 5.74) is 0.468. The van der Waals surface area contributed by atoms with Gasteiger partial charge in [0, 0.05) is 0 Å². The van der Waals surface area contributed by atoms with Crippen LogP contribution in [0.2, 0.25) is 5.02 Å². The Kier molecular flexibility index (Phi) is 4.37. The number of hydrogen-bond donors (Lipinski definition) is 0. The molecule has 1 aromatic rings. The first-order valence-corrected chi connectivity index (χ1v) is 5.29. The first-order chi connectivity index (χ1) is 6.70. The van der Waals surface area contributed by atoms with E-state index in [4.69, 9.17) is 16.3 Å². The predicted octanol–water partition coefficient (Wildman–Crippen LogP) is 3.06. The van der Waals surface area contributed by atoms with E-state index in [2.05, 4.69) is 9.24 Å². The maximum absolute atomic E-state index is 11.6. The predicted molar refractivity (Wildman–Crippen MR) is 60.1 cm³/mol. The zero-order valence-electron chi connectivity index (χ0n) is 7.84. The molecule has 0 spiro atoms. The lowest BCUT2D eigenvalue weighted by Crippen LogP contribution is -2.03. The smallest absolute Gasteiger partial charge is 0.165 e. The Morgan fingerprint density at radius 3 is 2.86 bits per heavy atom. The summed E-state index contributed by atoms with van der Waals surface area (Å²) in [6.45, 7) is 0. The number of halogens is 1. The lowest BCUT2D eigenvalue weighted by molar-refractivity contribution is 0.0987. The van der Waals surface area contributed by atoms with Crippen molar-refractivity contribution in [3.63, 3.8) is 0 Å². The standard InChI is InChI=1S/C10H11ClO2P/c1-13-9-4-2-3-7(11)10(9)8(12)5-6-14/h2-4,14H,5-6H2,1H3/q-1. The van der Waals surface area contributed by atoms with Gasteiger partial charge in [0.1, 0.15) is 5.75 Å². The van der Waals surface area contributed by atoms with Crippen LogP contribution in [-0.2, 0) is 0 Å². The quantitative estimate of drug-likeness (QED) is 0.586. The van der Waals surface area contributed by atoms with Crippen molar-refractivity contribution in [2.24, 2.45) is 0 Å². The normalized spacial score (nSPS) is 9.93. The number of carbonyl (C=O) groups is 1. The third-order valence-corrected chi connectivity index (χ3v) is 2.39. The Hall–Kier alpha value is -0.590. The van der Waals surface area contributed by atoms with Crippen LogP contribution in [0.5, 0.6) is 5.75 Å². The van der Waals surface area contributed by atoms with Crippen molar-refractivity contribution in [2.75, 3.05) is 13.3 Å². The molecule has 0 aliphatic heterocycles. The average molecular weight is 230 g/mol. The molecule has 0 heterocycles. The molecule has 2 nitrogen and oxygen atoms in total. The topological polar surface area (TPSA) is 26.3 Å². The van der Waals surface area contributed by atoms with Gasteiger partial charge >= 0.3 is 0 Å². The fourth-order valence-electron chi connectivity index (χ4n) is 1.18. The summed E-state index contributed by atoms with van der Waals surface area (Å²) in [5, 5.41) is 0.439. The summed E-state index contributed by atoms with van der Waals surface area (Å²) >= 11 is 5.92. The number of ether oxygens (including phenoxy) is 1. The molecule has 14 heavy (non-hydrogen) atoms. The number of Topliss-reactive ketones (excluding diaryl/α,β-unsaturated/α-hetero) is 1. The van der Waals surface area contributed by atoms with Crippen LogP contribution in [0.1, 0.15) is 16.8 Å². The number of rotatable bonds is 4. The summed E-state index contributed by atoms with van der Waals surface area (Å²) in [5.74, 6) is 0.519. The number of hydrogen-bond acceptors (Lipinski definition) is 2. The highest BCUT2D eigenvalue weighted by atomic mass is 35.5. The third-order valence-electron chi connectivity index (χ3n) is 1.83. The summed E-state index contributed by atoms with van der Waals surface area (Å²) < 4.78 is 5.07. The highest BCUT2D eigenvalue weighted by molar-refractivity contribution is 7.16. The molecule has 0 bridgehead atoms. The summed E-state index contributed by atoms with van der Waals surface area (Å²) in [7, 11) is 4.78. The van der Waals surface area contributed by atoms with Gasteiger partial charge in [-0.15, -0.1) is 0 Å². The number of carbonyl (C=O) groups excluding carboxylic acids is 1. The van der Waals surface area contributed by atoms with E-state index >= 15 is 0 Å². The molecule has 0 radical (unpaired) electrons. The SMILES string of the molecule is COc1cccc(Cl)c1C(=O)CC[PH-]. The second kappa shape index (κ2) is 5.33. The molecule has 0 saturated carbocycles. The van der Waals surface area contributed by atoms with E-state index in [1.807, 2.05) is 0 Å². The van der Waals surface area contributed by atoms with Crippen LogP contribution in [0.25, 0.3) is 0 Å². The van der Waals surface area contributed by atoms with Crippen molar-refractivity contribution in [1.82, 2.24) is 0 Å². The van der Waals surface area contributed by atoms with Crippen LogP contribution < -0.4 is 4.74 Å². The first kappa shape index (κ1) is 11.5. The Labute approximate surface area is 90.8 Å². The minimum Gasteiger partial charge on any atom is -0.558 e. The molecule has 0 amide bonds. The Morgan fingerprint density at radius 1 is 1.57 bits per heavy atom. The number of benzene rings is 1. The monoisotopic (exact) mass is 229 g/mol. The van der Waals surface area contributed by atoms with Crippen LogP contribution in [0, 0.1) is 0 Å².